The monoisotopic (exact) mass is 511 g/mol. The lowest BCUT2D eigenvalue weighted by molar-refractivity contribution is 0.419. The molecule has 0 spiro atoms. The molecule has 3 unspecified atom stereocenters. The van der Waals surface area contributed by atoms with E-state index in [0.29, 0.717) is 0 Å². The average molecular weight is 512 g/mol. The molecular formula is C38H41N. The fourth-order valence-electron chi connectivity index (χ4n) is 8.37. The topological polar surface area (TPSA) is 3.24 Å². The Bertz CT molecular complexity index is 1510. The summed E-state index contributed by atoms with van der Waals surface area (Å²) >= 11 is 0. The largest absolute Gasteiger partial charge is 0.310 e. The molecule has 3 aliphatic rings. The van der Waals surface area contributed by atoms with Crippen LogP contribution in [-0.2, 0) is 5.41 Å². The molecule has 1 heteroatoms. The van der Waals surface area contributed by atoms with Gasteiger partial charge in [-0.2, -0.15) is 0 Å². The molecule has 0 heterocycles. The minimum absolute atomic E-state index is 0.0228. The Kier molecular flexibility index (Phi) is 5.60. The summed E-state index contributed by atoms with van der Waals surface area (Å²) in [6, 6.07) is 28.5. The van der Waals surface area contributed by atoms with Crippen molar-refractivity contribution in [1.29, 1.82) is 0 Å². The number of aryl methyl sites for hydroxylation is 4. The Balaban J connectivity index is 1.34. The third kappa shape index (κ3) is 4.05. The van der Waals surface area contributed by atoms with Gasteiger partial charge in [-0.1, -0.05) is 56.7 Å². The zero-order valence-corrected chi connectivity index (χ0v) is 24.4. The molecule has 0 radical (unpaired) electrons. The van der Waals surface area contributed by atoms with Gasteiger partial charge in [0, 0.05) is 22.5 Å². The van der Waals surface area contributed by atoms with Crippen LogP contribution in [0.4, 0.5) is 17.1 Å². The predicted octanol–water partition coefficient (Wildman–Crippen LogP) is 10.6. The summed E-state index contributed by atoms with van der Waals surface area (Å²) in [5.41, 5.74) is 16.2. The minimum Gasteiger partial charge on any atom is -0.310 e. The summed E-state index contributed by atoms with van der Waals surface area (Å²) in [6.07, 6.45) is 5.76. The molecule has 3 aliphatic carbocycles. The number of fused-ring (bicyclic) bond motifs is 5. The lowest BCUT2D eigenvalue weighted by atomic mass is 9.78. The number of nitrogens with zero attached hydrogens (tertiary/aromatic N) is 1. The maximum absolute atomic E-state index is 2.59. The first-order chi connectivity index (χ1) is 18.7. The summed E-state index contributed by atoms with van der Waals surface area (Å²) in [4.78, 5) is 2.46. The first-order valence-electron chi connectivity index (χ1n) is 14.9. The molecule has 0 saturated heterocycles. The van der Waals surface area contributed by atoms with E-state index in [9.17, 15) is 0 Å². The van der Waals surface area contributed by atoms with E-state index >= 15 is 0 Å². The minimum atomic E-state index is -0.0228. The first-order valence-corrected chi connectivity index (χ1v) is 14.9. The molecule has 1 nitrogen and oxygen atoms in total. The number of rotatable bonds is 4. The second-order valence-electron chi connectivity index (χ2n) is 13.5. The molecular weight excluding hydrogens is 470 g/mol. The Morgan fingerprint density at radius 2 is 1.15 bits per heavy atom. The lowest BCUT2D eigenvalue weighted by Gasteiger charge is -2.29. The van der Waals surface area contributed by atoms with Gasteiger partial charge in [-0.3, -0.25) is 0 Å². The van der Waals surface area contributed by atoms with Crippen molar-refractivity contribution in [2.24, 2.45) is 11.8 Å². The van der Waals surface area contributed by atoms with Gasteiger partial charge in [0.05, 0.1) is 0 Å². The third-order valence-electron chi connectivity index (χ3n) is 10.0. The predicted molar refractivity (Wildman–Crippen MR) is 166 cm³/mol. The van der Waals surface area contributed by atoms with Crippen LogP contribution >= 0.6 is 0 Å². The standard InChI is InChI=1S/C38H41N/c1-23-13-24(2)16-31(15-23)39(32-17-25(3)14-26(4)18-32)30-10-12-34-33-11-9-29(35-20-27-7-8-28(35)19-27)21-36(33)38(5,6)37(34)22-30/h9-18,21-22,27-28,35H,7-8,19-20H2,1-6H3. The highest BCUT2D eigenvalue weighted by molar-refractivity contribution is 5.86. The van der Waals surface area contributed by atoms with Gasteiger partial charge in [0.1, 0.15) is 0 Å². The number of benzene rings is 4. The molecule has 7 rings (SSSR count). The molecule has 0 N–H and O–H groups in total. The van der Waals surface area contributed by atoms with Crippen molar-refractivity contribution in [2.45, 2.75) is 78.6 Å². The second kappa shape index (κ2) is 8.85. The lowest BCUT2D eigenvalue weighted by Crippen LogP contribution is -2.17. The summed E-state index contributed by atoms with van der Waals surface area (Å²) in [6.45, 7) is 13.7. The van der Waals surface area contributed by atoms with Crippen molar-refractivity contribution < 1.29 is 0 Å². The highest BCUT2D eigenvalue weighted by atomic mass is 15.1. The SMILES string of the molecule is Cc1cc(C)cc(N(c2cc(C)cc(C)c2)c2ccc3c(c2)C(C)(C)c2cc(C4CC5CCC4C5)ccc2-3)c1. The van der Waals surface area contributed by atoms with E-state index in [-0.39, 0.29) is 5.41 Å². The van der Waals surface area contributed by atoms with E-state index in [1.807, 2.05) is 0 Å². The van der Waals surface area contributed by atoms with Crippen molar-refractivity contribution in [2.75, 3.05) is 4.90 Å². The summed E-state index contributed by atoms with van der Waals surface area (Å²) < 4.78 is 0. The van der Waals surface area contributed by atoms with Crippen LogP contribution in [0.1, 0.15) is 84.4 Å². The molecule has 2 bridgehead atoms. The van der Waals surface area contributed by atoms with Crippen LogP contribution in [0.5, 0.6) is 0 Å². The van der Waals surface area contributed by atoms with E-state index in [0.717, 1.165) is 17.8 Å². The molecule has 39 heavy (non-hydrogen) atoms. The third-order valence-corrected chi connectivity index (χ3v) is 10.0. The van der Waals surface area contributed by atoms with Crippen molar-refractivity contribution in [1.82, 2.24) is 0 Å². The average Bonchev–Trinajstić information content (AvgIpc) is 3.56. The van der Waals surface area contributed by atoms with Crippen molar-refractivity contribution >= 4 is 17.1 Å². The van der Waals surface area contributed by atoms with Crippen LogP contribution in [0.3, 0.4) is 0 Å². The van der Waals surface area contributed by atoms with E-state index in [1.54, 1.807) is 5.56 Å². The zero-order valence-electron chi connectivity index (χ0n) is 24.4. The maximum atomic E-state index is 2.59. The Labute approximate surface area is 234 Å². The van der Waals surface area contributed by atoms with E-state index in [4.69, 9.17) is 0 Å². The summed E-state index contributed by atoms with van der Waals surface area (Å²) in [5.74, 6) is 2.66. The van der Waals surface area contributed by atoms with Crippen LogP contribution in [-0.4, -0.2) is 0 Å². The molecule has 2 fully saturated rings. The molecule has 0 aliphatic heterocycles. The van der Waals surface area contributed by atoms with Crippen molar-refractivity contribution in [3.63, 3.8) is 0 Å². The van der Waals surface area contributed by atoms with Gasteiger partial charge in [-0.05, 0) is 151 Å². The maximum Gasteiger partial charge on any atom is 0.0466 e. The number of hydrogen-bond donors (Lipinski definition) is 0. The first kappa shape index (κ1) is 24.7. The molecule has 3 atom stereocenters. The van der Waals surface area contributed by atoms with Crippen LogP contribution in [0, 0.1) is 39.5 Å². The van der Waals surface area contributed by atoms with Crippen LogP contribution < -0.4 is 4.90 Å². The Morgan fingerprint density at radius 3 is 1.69 bits per heavy atom. The fraction of sp³-hybridized carbons (Fsp3) is 0.368. The Hall–Kier alpha value is -3.32. The highest BCUT2D eigenvalue weighted by Crippen LogP contribution is 2.56. The van der Waals surface area contributed by atoms with Gasteiger partial charge >= 0.3 is 0 Å². The Morgan fingerprint density at radius 1 is 0.590 bits per heavy atom. The molecule has 4 aromatic carbocycles. The number of anilines is 3. The van der Waals surface area contributed by atoms with Gasteiger partial charge in [0.15, 0.2) is 0 Å². The number of hydrogen-bond acceptors (Lipinski definition) is 1. The molecule has 2 saturated carbocycles. The molecule has 4 aromatic rings. The fourth-order valence-corrected chi connectivity index (χ4v) is 8.37. The van der Waals surface area contributed by atoms with E-state index < -0.39 is 0 Å². The highest BCUT2D eigenvalue weighted by Gasteiger charge is 2.42. The molecule has 0 aromatic heterocycles. The molecule has 0 amide bonds. The van der Waals surface area contributed by atoms with Gasteiger partial charge in [-0.15, -0.1) is 0 Å². The van der Waals surface area contributed by atoms with Crippen molar-refractivity contribution in [3.05, 3.63) is 112 Å². The van der Waals surface area contributed by atoms with E-state index in [2.05, 4.69) is 119 Å². The van der Waals surface area contributed by atoms with Gasteiger partial charge < -0.3 is 4.90 Å². The van der Waals surface area contributed by atoms with Crippen LogP contribution in [0.15, 0.2) is 72.8 Å². The van der Waals surface area contributed by atoms with Crippen molar-refractivity contribution in [3.8, 4) is 11.1 Å². The quantitative estimate of drug-likeness (QED) is 0.263. The smallest absolute Gasteiger partial charge is 0.0466 e. The normalized spacial score (nSPS) is 22.2. The van der Waals surface area contributed by atoms with Gasteiger partial charge in [0.2, 0.25) is 0 Å². The second-order valence-corrected chi connectivity index (χ2v) is 13.5. The van der Waals surface area contributed by atoms with Crippen LogP contribution in [0.2, 0.25) is 0 Å². The van der Waals surface area contributed by atoms with E-state index in [1.165, 1.54) is 87.3 Å². The van der Waals surface area contributed by atoms with Gasteiger partial charge in [-0.25, -0.2) is 0 Å². The summed E-state index contributed by atoms with van der Waals surface area (Å²) in [7, 11) is 0. The van der Waals surface area contributed by atoms with Gasteiger partial charge in [0.25, 0.3) is 0 Å². The van der Waals surface area contributed by atoms with Crippen LogP contribution in [0.25, 0.3) is 11.1 Å². The summed E-state index contributed by atoms with van der Waals surface area (Å²) in [5, 5.41) is 0. The molecule has 198 valence electrons. The zero-order chi connectivity index (χ0) is 27.1.